The lowest BCUT2D eigenvalue weighted by atomic mass is 9.84. The van der Waals surface area contributed by atoms with E-state index in [0.717, 1.165) is 18.2 Å². The first-order chi connectivity index (χ1) is 18.2. The summed E-state index contributed by atoms with van der Waals surface area (Å²) >= 11 is 0. The van der Waals surface area contributed by atoms with E-state index >= 15 is 17.6 Å². The molecule has 0 spiro atoms. The van der Waals surface area contributed by atoms with Gasteiger partial charge in [0.2, 0.25) is 0 Å². The average Bonchev–Trinajstić information content (AvgIpc) is 2.86. The lowest BCUT2D eigenvalue weighted by molar-refractivity contribution is -0.143. The predicted octanol–water partition coefficient (Wildman–Crippen LogP) is 9.60. The first kappa shape index (κ1) is 26.4. The molecule has 0 fully saturated rings. The highest BCUT2D eigenvalue weighted by Crippen LogP contribution is 2.48. The lowest BCUT2D eigenvalue weighted by Gasteiger charge is -2.20. The molecule has 0 heterocycles. The lowest BCUT2D eigenvalue weighted by Crippen LogP contribution is -2.16. The van der Waals surface area contributed by atoms with Crippen molar-refractivity contribution in [3.05, 3.63) is 106 Å². The first-order valence-corrected chi connectivity index (χ1v) is 10.7. The standard InChI is InChI=1S/C27H8F12/c28-10-2-3-11-12(8-10)18(21-23(33)25(35)22(27(37,38)39)26(36)24(21)34)20-15(31)6-5-14(30)19(20)17(11)9-1-4-13(29)16(32)7-9/h1-8H. The van der Waals surface area contributed by atoms with E-state index in [-0.39, 0.29) is 5.56 Å². The summed E-state index contributed by atoms with van der Waals surface area (Å²) in [5.41, 5.74) is -6.76. The van der Waals surface area contributed by atoms with Crippen LogP contribution in [0.2, 0.25) is 0 Å². The van der Waals surface area contributed by atoms with Crippen LogP contribution >= 0.6 is 0 Å². The van der Waals surface area contributed by atoms with E-state index in [0.29, 0.717) is 30.3 Å². The molecule has 39 heavy (non-hydrogen) atoms. The Morgan fingerprint density at radius 2 is 0.974 bits per heavy atom. The highest BCUT2D eigenvalue weighted by atomic mass is 19.4. The number of hydrogen-bond donors (Lipinski definition) is 0. The molecule has 0 N–H and O–H groups in total. The summed E-state index contributed by atoms with van der Waals surface area (Å²) in [6.45, 7) is 0. The summed E-state index contributed by atoms with van der Waals surface area (Å²) in [5.74, 6) is -17.7. The summed E-state index contributed by atoms with van der Waals surface area (Å²) in [6, 6.07) is 5.23. The van der Waals surface area contributed by atoms with E-state index in [1.165, 1.54) is 0 Å². The highest BCUT2D eigenvalue weighted by molar-refractivity contribution is 6.21. The zero-order chi connectivity index (χ0) is 28.5. The molecule has 0 aliphatic heterocycles. The molecule has 0 atom stereocenters. The first-order valence-electron chi connectivity index (χ1n) is 10.7. The van der Waals surface area contributed by atoms with Gasteiger partial charge in [-0.1, -0.05) is 12.1 Å². The zero-order valence-electron chi connectivity index (χ0n) is 18.7. The molecule has 0 aliphatic carbocycles. The predicted molar refractivity (Wildman–Crippen MR) is 117 cm³/mol. The van der Waals surface area contributed by atoms with Gasteiger partial charge in [0.25, 0.3) is 0 Å². The van der Waals surface area contributed by atoms with E-state index in [1.807, 2.05) is 0 Å². The van der Waals surface area contributed by atoms with E-state index in [2.05, 4.69) is 0 Å². The Morgan fingerprint density at radius 3 is 1.51 bits per heavy atom. The van der Waals surface area contributed by atoms with Crippen molar-refractivity contribution in [1.29, 1.82) is 0 Å². The number of halogens is 12. The maximum absolute atomic E-state index is 15.3. The van der Waals surface area contributed by atoms with Crippen LogP contribution in [-0.4, -0.2) is 0 Å². The van der Waals surface area contributed by atoms with Gasteiger partial charge in [-0.05, 0) is 52.7 Å². The zero-order valence-corrected chi connectivity index (χ0v) is 18.7. The molecule has 0 saturated carbocycles. The van der Waals surface area contributed by atoms with Gasteiger partial charge in [0.15, 0.2) is 34.9 Å². The van der Waals surface area contributed by atoms with E-state index in [4.69, 9.17) is 0 Å². The Kier molecular flexibility index (Phi) is 6.04. The van der Waals surface area contributed by atoms with Crippen LogP contribution in [0, 0.1) is 52.4 Å². The van der Waals surface area contributed by atoms with Crippen LogP contribution in [0.25, 0.3) is 43.8 Å². The minimum Gasteiger partial charge on any atom is -0.207 e. The van der Waals surface area contributed by atoms with E-state index < -0.39 is 102 Å². The van der Waals surface area contributed by atoms with Gasteiger partial charge in [0.1, 0.15) is 23.0 Å². The third-order valence-electron chi connectivity index (χ3n) is 6.13. The Balaban J connectivity index is 2.10. The second-order valence-electron chi connectivity index (χ2n) is 8.35. The van der Waals surface area contributed by atoms with Crippen molar-refractivity contribution in [1.82, 2.24) is 0 Å². The van der Waals surface area contributed by atoms with Crippen LogP contribution in [0.1, 0.15) is 5.56 Å². The SMILES string of the molecule is Fc1ccc2c(-c3ccc(F)c(F)c3)c3c(F)ccc(F)c3c(-c3c(F)c(F)c(C(F)(F)F)c(F)c3F)c2c1. The summed E-state index contributed by atoms with van der Waals surface area (Å²) in [6.07, 6.45) is -5.89. The van der Waals surface area contributed by atoms with Gasteiger partial charge in [0, 0.05) is 21.9 Å². The smallest absolute Gasteiger partial charge is 0.207 e. The minimum absolute atomic E-state index is 0.322. The molecule has 0 aliphatic rings. The molecule has 0 aromatic heterocycles. The molecular weight excluding hydrogens is 552 g/mol. The topological polar surface area (TPSA) is 0 Å². The molecule has 0 bridgehead atoms. The van der Waals surface area contributed by atoms with Crippen molar-refractivity contribution in [2.45, 2.75) is 6.18 Å². The van der Waals surface area contributed by atoms with Gasteiger partial charge in [-0.3, -0.25) is 0 Å². The number of benzene rings is 5. The van der Waals surface area contributed by atoms with Gasteiger partial charge in [0.05, 0.1) is 5.56 Å². The van der Waals surface area contributed by atoms with Gasteiger partial charge >= 0.3 is 6.18 Å². The van der Waals surface area contributed by atoms with Crippen LogP contribution < -0.4 is 0 Å². The van der Waals surface area contributed by atoms with Crippen LogP contribution in [0.4, 0.5) is 52.7 Å². The maximum Gasteiger partial charge on any atom is 0.422 e. The summed E-state index contributed by atoms with van der Waals surface area (Å²) < 4.78 is 172. The molecule has 0 nitrogen and oxygen atoms in total. The molecule has 5 rings (SSSR count). The Bertz CT molecular complexity index is 1810. The quantitative estimate of drug-likeness (QED) is 0.115. The number of alkyl halides is 3. The van der Waals surface area contributed by atoms with Crippen molar-refractivity contribution >= 4 is 21.5 Å². The van der Waals surface area contributed by atoms with Gasteiger partial charge in [-0.25, -0.2) is 39.5 Å². The van der Waals surface area contributed by atoms with E-state index in [9.17, 15) is 35.1 Å². The second-order valence-corrected chi connectivity index (χ2v) is 8.35. The number of fused-ring (bicyclic) bond motifs is 2. The van der Waals surface area contributed by atoms with E-state index in [1.54, 1.807) is 0 Å². The summed E-state index contributed by atoms with van der Waals surface area (Å²) in [5, 5.41) is -3.11. The average molecular weight is 560 g/mol. The van der Waals surface area contributed by atoms with Gasteiger partial charge < -0.3 is 0 Å². The molecule has 0 unspecified atom stereocenters. The van der Waals surface area contributed by atoms with Crippen molar-refractivity contribution < 1.29 is 52.7 Å². The molecular formula is C27H8F12. The largest absolute Gasteiger partial charge is 0.422 e. The summed E-state index contributed by atoms with van der Waals surface area (Å²) in [4.78, 5) is 0. The summed E-state index contributed by atoms with van der Waals surface area (Å²) in [7, 11) is 0. The van der Waals surface area contributed by atoms with Crippen LogP contribution in [0.5, 0.6) is 0 Å². The maximum atomic E-state index is 15.3. The Hall–Kier alpha value is -4.22. The van der Waals surface area contributed by atoms with Crippen LogP contribution in [0.15, 0.2) is 48.5 Å². The number of hydrogen-bond acceptors (Lipinski definition) is 0. The molecule has 12 heteroatoms. The minimum atomic E-state index is -5.89. The second kappa shape index (κ2) is 8.92. The van der Waals surface area contributed by atoms with Gasteiger partial charge in [-0.15, -0.1) is 0 Å². The monoisotopic (exact) mass is 560 g/mol. The molecule has 0 amide bonds. The Morgan fingerprint density at radius 1 is 0.436 bits per heavy atom. The fourth-order valence-electron chi connectivity index (χ4n) is 4.56. The van der Waals surface area contributed by atoms with Crippen molar-refractivity contribution in [3.63, 3.8) is 0 Å². The fraction of sp³-hybridized carbons (Fsp3) is 0.0370. The number of rotatable bonds is 2. The molecule has 0 saturated heterocycles. The Labute approximate surface area is 209 Å². The third kappa shape index (κ3) is 3.96. The third-order valence-corrected chi connectivity index (χ3v) is 6.13. The molecule has 0 radical (unpaired) electrons. The molecule has 5 aromatic carbocycles. The normalized spacial score (nSPS) is 12.1. The van der Waals surface area contributed by atoms with Gasteiger partial charge in [-0.2, -0.15) is 13.2 Å². The molecule has 200 valence electrons. The van der Waals surface area contributed by atoms with Crippen molar-refractivity contribution in [3.8, 4) is 22.3 Å². The highest BCUT2D eigenvalue weighted by Gasteiger charge is 2.43. The van der Waals surface area contributed by atoms with Crippen LogP contribution in [-0.2, 0) is 6.18 Å². The van der Waals surface area contributed by atoms with Crippen molar-refractivity contribution in [2.75, 3.05) is 0 Å². The fourth-order valence-corrected chi connectivity index (χ4v) is 4.56. The van der Waals surface area contributed by atoms with Crippen LogP contribution in [0.3, 0.4) is 0 Å². The molecule has 5 aromatic rings. The van der Waals surface area contributed by atoms with Crippen molar-refractivity contribution in [2.24, 2.45) is 0 Å².